The molecule has 4 N–H and O–H groups in total. The van der Waals surface area contributed by atoms with Crippen LogP contribution in [0.25, 0.3) is 0 Å². The molecule has 57 heavy (non-hydrogen) atoms. The van der Waals surface area contributed by atoms with Crippen LogP contribution in [0, 0.1) is 0 Å². The van der Waals surface area contributed by atoms with Gasteiger partial charge in [0.25, 0.3) is 0 Å². The lowest BCUT2D eigenvalue weighted by molar-refractivity contribution is -0.301. The van der Waals surface area contributed by atoms with Crippen molar-refractivity contribution in [2.75, 3.05) is 26.4 Å². The maximum atomic E-state index is 12.8. The van der Waals surface area contributed by atoms with Crippen molar-refractivity contribution in [1.29, 1.82) is 0 Å². The van der Waals surface area contributed by atoms with Gasteiger partial charge in [-0.25, -0.2) is 4.18 Å². The molecule has 0 saturated carbocycles. The van der Waals surface area contributed by atoms with Crippen molar-refractivity contribution in [2.45, 2.75) is 211 Å². The number of carbonyl (C=O) groups excluding carboxylic acids is 1. The minimum absolute atomic E-state index is 0.0317. The fraction of sp³-hybridized carbons (Fsp3) is 0.841. The van der Waals surface area contributed by atoms with E-state index in [4.69, 9.17) is 23.5 Å². The molecule has 0 bridgehead atoms. The molecule has 0 aliphatic carbocycles. The summed E-state index contributed by atoms with van der Waals surface area (Å²) in [6.07, 6.45) is 31.9. The smallest absolute Gasteiger partial charge is 0.397 e. The van der Waals surface area contributed by atoms with Crippen molar-refractivity contribution in [3.8, 4) is 0 Å². The van der Waals surface area contributed by atoms with Crippen LogP contribution in [0.3, 0.4) is 0 Å². The lowest BCUT2D eigenvalue weighted by Crippen LogP contribution is -2.60. The van der Waals surface area contributed by atoms with Gasteiger partial charge in [0, 0.05) is 13.0 Å². The maximum absolute atomic E-state index is 12.8. The first-order chi connectivity index (χ1) is 27.6. The zero-order chi connectivity index (χ0) is 41.8. The normalized spacial score (nSPS) is 21.0. The van der Waals surface area contributed by atoms with Crippen LogP contribution in [-0.2, 0) is 38.3 Å². The molecule has 1 heterocycles. The molecule has 0 aromatic heterocycles. The molecule has 12 nitrogen and oxygen atoms in total. The van der Waals surface area contributed by atoms with E-state index in [0.29, 0.717) is 13.0 Å². The molecule has 13 heteroatoms. The van der Waals surface area contributed by atoms with E-state index in [0.717, 1.165) is 70.6 Å². The van der Waals surface area contributed by atoms with E-state index >= 15 is 0 Å². The van der Waals surface area contributed by atoms with Crippen LogP contribution < -0.4 is 0 Å². The minimum Gasteiger partial charge on any atom is -0.457 e. The molecule has 6 atom stereocenters. The third-order valence-corrected chi connectivity index (χ3v) is 10.5. The van der Waals surface area contributed by atoms with E-state index < -0.39 is 59.8 Å². The largest absolute Gasteiger partial charge is 0.457 e. The van der Waals surface area contributed by atoms with Gasteiger partial charge < -0.3 is 34.3 Å². The van der Waals surface area contributed by atoms with Crippen molar-refractivity contribution < 1.29 is 56.2 Å². The summed E-state index contributed by atoms with van der Waals surface area (Å²) < 4.78 is 58.9. The van der Waals surface area contributed by atoms with Gasteiger partial charge >= 0.3 is 16.4 Å². The fourth-order valence-electron chi connectivity index (χ4n) is 6.62. The van der Waals surface area contributed by atoms with Crippen molar-refractivity contribution in [3.05, 3.63) is 36.5 Å². The molecule has 1 rings (SSSR count). The van der Waals surface area contributed by atoms with Gasteiger partial charge in [0.1, 0.15) is 30.5 Å². The molecule has 1 saturated heterocycles. The summed E-state index contributed by atoms with van der Waals surface area (Å²) in [7, 11) is -5.06. The Hall–Kier alpha value is -1.68. The molecule has 1 aliphatic heterocycles. The first-order valence-electron chi connectivity index (χ1n) is 22.2. The number of carbonyl (C=O) groups is 1. The summed E-state index contributed by atoms with van der Waals surface area (Å²) in [5, 5.41) is 30.6. The Morgan fingerprint density at radius 1 is 0.667 bits per heavy atom. The van der Waals surface area contributed by atoms with Crippen molar-refractivity contribution >= 4 is 16.4 Å². The monoisotopic (exact) mass is 833 g/mol. The molecule has 0 radical (unpaired) electrons. The van der Waals surface area contributed by atoms with Crippen LogP contribution >= 0.6 is 0 Å². The third-order valence-electron chi connectivity index (χ3n) is 10.0. The predicted octanol–water partition coefficient (Wildman–Crippen LogP) is 9.02. The molecule has 0 amide bonds. The van der Waals surface area contributed by atoms with Crippen molar-refractivity contribution in [1.82, 2.24) is 0 Å². The average molecular weight is 833 g/mol. The summed E-state index contributed by atoms with van der Waals surface area (Å²) >= 11 is 0. The fourth-order valence-corrected chi connectivity index (χ4v) is 7.13. The maximum Gasteiger partial charge on any atom is 0.397 e. The van der Waals surface area contributed by atoms with E-state index in [2.05, 4.69) is 54.5 Å². The van der Waals surface area contributed by atoms with Crippen molar-refractivity contribution in [2.24, 2.45) is 0 Å². The summed E-state index contributed by atoms with van der Waals surface area (Å²) in [6, 6.07) is 0. The Bertz CT molecular complexity index is 1140. The highest BCUT2D eigenvalue weighted by molar-refractivity contribution is 7.80. The molecule has 0 aromatic rings. The standard InChI is InChI=1S/C44H80O12S/c1-3-5-7-9-11-13-14-15-16-17-18-19-20-21-22-23-24-25-27-29-31-33-40(46)54-38(36-52-34-32-30-28-26-12-10-8-6-4-2)37-53-44-42(48)43(56-57(49,50)51)41(47)39(35-45)55-44/h14-15,17-18,20-21,38-39,41-45,47-48H,3-13,16,19,22-37H2,1-2H3,(H,49,50,51)/b15-14-,18-17-,21-20-. The first-order valence-corrected chi connectivity index (χ1v) is 23.6. The van der Waals surface area contributed by atoms with Gasteiger partial charge in [0.05, 0.1) is 19.8 Å². The van der Waals surface area contributed by atoms with Crippen LogP contribution in [0.1, 0.15) is 174 Å². The van der Waals surface area contributed by atoms with Gasteiger partial charge in [-0.15, -0.1) is 0 Å². The summed E-state index contributed by atoms with van der Waals surface area (Å²) in [5.41, 5.74) is 0. The van der Waals surface area contributed by atoms with Crippen molar-refractivity contribution in [3.63, 3.8) is 0 Å². The van der Waals surface area contributed by atoms with E-state index in [9.17, 15) is 28.5 Å². The number of allylic oxidation sites excluding steroid dienone is 6. The number of rotatable bonds is 38. The number of unbranched alkanes of at least 4 members (excludes halogenated alkanes) is 19. The SMILES string of the molecule is CCCCCCC/C=C\C/C=C\C/C=C\CCCCCCCCC(=O)OC(COCCCCCCCCCCC)COC1OC(CO)C(O)C(OS(=O)(=O)O)C1O. The second kappa shape index (κ2) is 36.2. The third kappa shape index (κ3) is 30.1. The lowest BCUT2D eigenvalue weighted by Gasteiger charge is -2.41. The first kappa shape index (κ1) is 53.3. The zero-order valence-electron chi connectivity index (χ0n) is 35.4. The molecule has 334 valence electrons. The average Bonchev–Trinajstić information content (AvgIpc) is 3.18. The lowest BCUT2D eigenvalue weighted by atomic mass is 9.99. The summed E-state index contributed by atoms with van der Waals surface area (Å²) in [5.74, 6) is -0.412. The van der Waals surface area contributed by atoms with Gasteiger partial charge in [0.15, 0.2) is 6.29 Å². The highest BCUT2D eigenvalue weighted by Crippen LogP contribution is 2.26. The van der Waals surface area contributed by atoms with E-state index in [1.165, 1.54) is 77.0 Å². The highest BCUT2D eigenvalue weighted by Gasteiger charge is 2.48. The van der Waals surface area contributed by atoms with Crippen LogP contribution in [0.4, 0.5) is 0 Å². The number of hydrogen-bond donors (Lipinski definition) is 4. The summed E-state index contributed by atoms with van der Waals surface area (Å²) in [6.45, 7) is 3.94. The Kier molecular flexibility index (Phi) is 33.9. The van der Waals surface area contributed by atoms with E-state index in [-0.39, 0.29) is 19.6 Å². The molecular weight excluding hydrogens is 753 g/mol. The van der Waals surface area contributed by atoms with Gasteiger partial charge in [-0.2, -0.15) is 8.42 Å². The molecule has 1 aliphatic rings. The Morgan fingerprint density at radius 2 is 1.16 bits per heavy atom. The Labute approximate surface area is 345 Å². The predicted molar refractivity (Wildman–Crippen MR) is 225 cm³/mol. The van der Waals surface area contributed by atoms with Crippen LogP contribution in [0.5, 0.6) is 0 Å². The number of hydrogen-bond acceptors (Lipinski definition) is 11. The second-order valence-electron chi connectivity index (χ2n) is 15.3. The molecule has 0 spiro atoms. The zero-order valence-corrected chi connectivity index (χ0v) is 36.2. The number of aliphatic hydroxyl groups is 3. The Balaban J connectivity index is 2.39. The molecular formula is C44H80O12S. The number of ether oxygens (including phenoxy) is 4. The van der Waals surface area contributed by atoms with Gasteiger partial charge in [-0.1, -0.05) is 153 Å². The number of esters is 1. The highest BCUT2D eigenvalue weighted by atomic mass is 32.3. The Morgan fingerprint density at radius 3 is 1.68 bits per heavy atom. The van der Waals surface area contributed by atoms with Crippen LogP contribution in [0.2, 0.25) is 0 Å². The molecule has 6 unspecified atom stereocenters. The number of aliphatic hydroxyl groups excluding tert-OH is 3. The summed E-state index contributed by atoms with van der Waals surface area (Å²) in [4.78, 5) is 12.8. The quantitative estimate of drug-likeness (QED) is 0.0201. The van der Waals surface area contributed by atoms with E-state index in [1.807, 2.05) is 0 Å². The van der Waals surface area contributed by atoms with E-state index in [1.54, 1.807) is 0 Å². The van der Waals surface area contributed by atoms with Gasteiger partial charge in [-0.3, -0.25) is 9.35 Å². The topological polar surface area (TPSA) is 178 Å². The molecule has 1 fully saturated rings. The van der Waals surface area contributed by atoms with Crippen LogP contribution in [0.15, 0.2) is 36.5 Å². The second-order valence-corrected chi connectivity index (χ2v) is 16.3. The molecule has 0 aromatic carbocycles. The van der Waals surface area contributed by atoms with Crippen LogP contribution in [-0.4, -0.2) is 97.5 Å². The van der Waals surface area contributed by atoms with Gasteiger partial charge in [0.2, 0.25) is 0 Å². The minimum atomic E-state index is -5.06. The van der Waals surface area contributed by atoms with Gasteiger partial charge in [-0.05, 0) is 51.4 Å².